The molecular weight excluding hydrogens is 278 g/mol. The van der Waals surface area contributed by atoms with E-state index < -0.39 is 6.04 Å². The maximum Gasteiger partial charge on any atom is 0.237 e. The van der Waals surface area contributed by atoms with Crippen LogP contribution in [0.4, 0.5) is 0 Å². The summed E-state index contributed by atoms with van der Waals surface area (Å²) in [5.41, 5.74) is 6.45. The molecule has 20 heavy (non-hydrogen) atoms. The van der Waals surface area contributed by atoms with Crippen LogP contribution in [-0.2, 0) is 4.79 Å². The normalized spacial score (nSPS) is 13.2. The Morgan fingerprint density at radius 1 is 1.30 bits per heavy atom. The highest BCUT2D eigenvalue weighted by atomic mass is 35.5. The van der Waals surface area contributed by atoms with Crippen LogP contribution < -0.4 is 11.1 Å². The average molecular weight is 296 g/mol. The average Bonchev–Trinajstić information content (AvgIpc) is 2.89. The third-order valence-corrected chi connectivity index (χ3v) is 2.72. The highest BCUT2D eigenvalue weighted by Gasteiger charge is 2.17. The second-order valence-corrected chi connectivity index (χ2v) is 4.45. The Kier molecular flexibility index (Phi) is 5.73. The fourth-order valence-corrected chi connectivity index (χ4v) is 1.63. The highest BCUT2D eigenvalue weighted by molar-refractivity contribution is 5.85. The van der Waals surface area contributed by atoms with Crippen LogP contribution in [0.3, 0.4) is 0 Å². The molecule has 0 saturated carbocycles. The molecule has 2 aromatic rings. The first-order valence-electron chi connectivity index (χ1n) is 6.15. The zero-order valence-electron chi connectivity index (χ0n) is 11.4. The number of hydrogen-bond acceptors (Lipinski definition) is 4. The van der Waals surface area contributed by atoms with Crippen molar-refractivity contribution in [2.45, 2.75) is 25.9 Å². The van der Waals surface area contributed by atoms with E-state index in [1.807, 2.05) is 30.3 Å². The van der Waals surface area contributed by atoms with E-state index in [0.717, 1.165) is 5.56 Å². The first-order valence-corrected chi connectivity index (χ1v) is 6.15. The van der Waals surface area contributed by atoms with Crippen LogP contribution in [0.1, 0.15) is 25.8 Å². The minimum Gasteiger partial charge on any atom is -0.438 e. The number of halogens is 1. The number of rotatable bonds is 4. The molecule has 1 aromatic carbocycles. The molecule has 6 heteroatoms. The zero-order valence-corrected chi connectivity index (χ0v) is 12.2. The third-order valence-electron chi connectivity index (χ3n) is 2.72. The number of benzene rings is 1. The summed E-state index contributed by atoms with van der Waals surface area (Å²) < 4.78 is 5.65. The zero-order chi connectivity index (χ0) is 13.8. The summed E-state index contributed by atoms with van der Waals surface area (Å²) in [6.07, 6.45) is 1.65. The summed E-state index contributed by atoms with van der Waals surface area (Å²) in [6.45, 7) is 3.44. The van der Waals surface area contributed by atoms with Gasteiger partial charge in [-0.15, -0.1) is 12.4 Å². The van der Waals surface area contributed by atoms with Crippen LogP contribution in [0.5, 0.6) is 0 Å². The van der Waals surface area contributed by atoms with Crippen molar-refractivity contribution in [1.29, 1.82) is 0 Å². The molecule has 1 aromatic heterocycles. The predicted molar refractivity (Wildman–Crippen MR) is 79.4 cm³/mol. The molecule has 3 N–H and O–H groups in total. The number of hydrogen-bond donors (Lipinski definition) is 2. The molecule has 108 valence electrons. The number of nitrogens with zero attached hydrogens (tertiary/aromatic N) is 1. The minimum absolute atomic E-state index is 0. The Morgan fingerprint density at radius 3 is 2.55 bits per heavy atom. The van der Waals surface area contributed by atoms with Crippen molar-refractivity contribution in [3.8, 4) is 11.3 Å². The van der Waals surface area contributed by atoms with Crippen LogP contribution in [0, 0.1) is 0 Å². The monoisotopic (exact) mass is 295 g/mol. The molecular formula is C14H18ClN3O2. The van der Waals surface area contributed by atoms with Crippen molar-refractivity contribution in [3.05, 3.63) is 42.4 Å². The van der Waals surface area contributed by atoms with E-state index in [9.17, 15) is 4.79 Å². The first kappa shape index (κ1) is 16.2. The van der Waals surface area contributed by atoms with Crippen LogP contribution in [0.15, 0.2) is 40.9 Å². The van der Waals surface area contributed by atoms with E-state index in [2.05, 4.69) is 10.3 Å². The molecule has 1 heterocycles. The van der Waals surface area contributed by atoms with Gasteiger partial charge in [0.15, 0.2) is 5.76 Å². The van der Waals surface area contributed by atoms with E-state index in [-0.39, 0.29) is 24.4 Å². The number of carbonyl (C=O) groups excluding carboxylic acids is 1. The predicted octanol–water partition coefficient (Wildman–Crippen LogP) is 2.29. The van der Waals surface area contributed by atoms with Crippen molar-refractivity contribution < 1.29 is 9.21 Å². The molecule has 0 radical (unpaired) electrons. The summed E-state index contributed by atoms with van der Waals surface area (Å²) >= 11 is 0. The topological polar surface area (TPSA) is 81.2 Å². The number of aromatic nitrogens is 1. The largest absolute Gasteiger partial charge is 0.438 e. The lowest BCUT2D eigenvalue weighted by molar-refractivity contribution is -0.122. The summed E-state index contributed by atoms with van der Waals surface area (Å²) in [6, 6.07) is 8.82. The lowest BCUT2D eigenvalue weighted by atomic mass is 10.2. The standard InChI is InChI=1S/C14H17N3O2.ClH/c1-9(15)13(18)17-10(2)14-16-8-12(19-14)11-6-4-3-5-7-11;/h3-10H,15H2,1-2H3,(H,17,18);1H/t9-,10?;/m0./s1. The van der Waals surface area contributed by atoms with Gasteiger partial charge in [0.1, 0.15) is 6.04 Å². The quantitative estimate of drug-likeness (QED) is 0.907. The van der Waals surface area contributed by atoms with Crippen molar-refractivity contribution in [1.82, 2.24) is 10.3 Å². The van der Waals surface area contributed by atoms with Gasteiger partial charge in [0.05, 0.1) is 12.2 Å². The number of amides is 1. The molecule has 0 aliphatic carbocycles. The third kappa shape index (κ3) is 3.82. The highest BCUT2D eigenvalue weighted by Crippen LogP contribution is 2.22. The van der Waals surface area contributed by atoms with Crippen molar-refractivity contribution >= 4 is 18.3 Å². The molecule has 1 amide bonds. The van der Waals surface area contributed by atoms with Crippen LogP contribution in [-0.4, -0.2) is 16.9 Å². The number of nitrogens with one attached hydrogen (secondary N) is 1. The molecule has 0 aliphatic rings. The summed E-state index contributed by atoms with van der Waals surface area (Å²) in [7, 11) is 0. The van der Waals surface area contributed by atoms with Crippen LogP contribution in [0.2, 0.25) is 0 Å². The molecule has 0 spiro atoms. The lowest BCUT2D eigenvalue weighted by Gasteiger charge is -2.12. The fraction of sp³-hybridized carbons (Fsp3) is 0.286. The van der Waals surface area contributed by atoms with Gasteiger partial charge >= 0.3 is 0 Å². The molecule has 2 atom stereocenters. The second-order valence-electron chi connectivity index (χ2n) is 4.45. The van der Waals surface area contributed by atoms with Gasteiger partial charge in [-0.3, -0.25) is 4.79 Å². The van der Waals surface area contributed by atoms with E-state index in [1.54, 1.807) is 20.0 Å². The SMILES string of the molecule is CC(NC(=O)[C@H](C)N)c1ncc(-c2ccccc2)o1.Cl. The van der Waals surface area contributed by atoms with Gasteiger partial charge in [-0.1, -0.05) is 30.3 Å². The summed E-state index contributed by atoms with van der Waals surface area (Å²) in [5, 5.41) is 2.74. The number of oxazole rings is 1. The molecule has 1 unspecified atom stereocenters. The van der Waals surface area contributed by atoms with Gasteiger partial charge in [-0.25, -0.2) is 4.98 Å². The van der Waals surface area contributed by atoms with Crippen LogP contribution >= 0.6 is 12.4 Å². The van der Waals surface area contributed by atoms with Gasteiger partial charge < -0.3 is 15.5 Å². The second kappa shape index (κ2) is 7.07. The summed E-state index contributed by atoms with van der Waals surface area (Å²) in [5.74, 6) is 0.914. The Labute approximate surface area is 124 Å². The summed E-state index contributed by atoms with van der Waals surface area (Å²) in [4.78, 5) is 15.7. The van der Waals surface area contributed by atoms with E-state index >= 15 is 0 Å². The number of nitrogens with two attached hydrogens (primary N) is 1. The Hall–Kier alpha value is -1.85. The number of carbonyl (C=O) groups is 1. The smallest absolute Gasteiger partial charge is 0.237 e. The van der Waals surface area contributed by atoms with Crippen LogP contribution in [0.25, 0.3) is 11.3 Å². The maximum atomic E-state index is 11.5. The van der Waals surface area contributed by atoms with Crippen molar-refractivity contribution in [3.63, 3.8) is 0 Å². The van der Waals surface area contributed by atoms with Gasteiger partial charge in [-0.05, 0) is 13.8 Å². The molecule has 0 saturated heterocycles. The van der Waals surface area contributed by atoms with E-state index in [1.165, 1.54) is 0 Å². The van der Waals surface area contributed by atoms with Gasteiger partial charge in [-0.2, -0.15) is 0 Å². The molecule has 5 nitrogen and oxygen atoms in total. The van der Waals surface area contributed by atoms with Gasteiger partial charge in [0, 0.05) is 5.56 Å². The molecule has 0 aliphatic heterocycles. The van der Waals surface area contributed by atoms with E-state index in [0.29, 0.717) is 11.7 Å². The first-order chi connectivity index (χ1) is 9.08. The molecule has 0 fully saturated rings. The maximum absolute atomic E-state index is 11.5. The van der Waals surface area contributed by atoms with E-state index in [4.69, 9.17) is 10.2 Å². The van der Waals surface area contributed by atoms with Gasteiger partial charge in [0.2, 0.25) is 11.8 Å². The minimum atomic E-state index is -0.550. The molecule has 0 bridgehead atoms. The van der Waals surface area contributed by atoms with Crippen molar-refractivity contribution in [2.24, 2.45) is 5.73 Å². The Balaban J connectivity index is 0.00000200. The molecule has 2 rings (SSSR count). The lowest BCUT2D eigenvalue weighted by Crippen LogP contribution is -2.39. The van der Waals surface area contributed by atoms with Crippen molar-refractivity contribution in [2.75, 3.05) is 0 Å². The fourth-order valence-electron chi connectivity index (χ4n) is 1.63. The Bertz CT molecular complexity index is 555. The van der Waals surface area contributed by atoms with Gasteiger partial charge in [0.25, 0.3) is 0 Å². The Morgan fingerprint density at radius 2 is 1.95 bits per heavy atom.